The Kier molecular flexibility index (Phi) is 5.40. The highest BCUT2D eigenvalue weighted by molar-refractivity contribution is 6.20. The molecule has 0 atom stereocenters. The van der Waals surface area contributed by atoms with E-state index in [0.29, 0.717) is 11.0 Å². The lowest BCUT2D eigenvalue weighted by Crippen LogP contribution is -2.01. The third kappa shape index (κ3) is 3.73. The Morgan fingerprint density at radius 2 is 0.936 bits per heavy atom. The Morgan fingerprint density at radius 3 is 1.68 bits per heavy atom. The van der Waals surface area contributed by atoms with Gasteiger partial charge in [-0.3, -0.25) is 0 Å². The molecule has 220 valence electrons. The van der Waals surface area contributed by atoms with Gasteiger partial charge >= 0.3 is 5.63 Å². The zero-order valence-electron chi connectivity index (χ0n) is 25.2. The van der Waals surface area contributed by atoms with E-state index >= 15 is 0 Å². The van der Waals surface area contributed by atoms with Gasteiger partial charge in [0.25, 0.3) is 0 Å². The molecule has 4 heteroatoms. The summed E-state index contributed by atoms with van der Waals surface area (Å²) in [6.45, 7) is 0. The number of hydrogen-bond donors (Lipinski definition) is 0. The number of hydrogen-bond acceptors (Lipinski definition) is 2. The Bertz CT molecular complexity index is 2910. The van der Waals surface area contributed by atoms with Gasteiger partial charge in [-0.05, 0) is 77.2 Å². The number of nitrogens with zero attached hydrogens (tertiary/aromatic N) is 2. The standard InChI is InChI=1S/C43H26N2O2/c46-43-36-15-5-4-12-31(36)35-24-23-34-32-13-6-9-17-39(32)45(41(34)42(35)47-43)30-21-19-29(20-22-30)44-38-16-8-7-14-33(38)37-26-28(18-25-40(37)44)27-10-2-1-3-11-27/h1-26H. The molecular formula is C43H26N2O2. The van der Waals surface area contributed by atoms with Crippen LogP contribution >= 0.6 is 0 Å². The van der Waals surface area contributed by atoms with Gasteiger partial charge < -0.3 is 13.6 Å². The normalized spacial score (nSPS) is 11.9. The summed E-state index contributed by atoms with van der Waals surface area (Å²) in [5, 5.41) is 7.02. The van der Waals surface area contributed by atoms with E-state index in [0.717, 1.165) is 55.0 Å². The zero-order chi connectivity index (χ0) is 31.1. The Morgan fingerprint density at radius 1 is 0.383 bits per heavy atom. The number of benzene rings is 7. The molecule has 4 nitrogen and oxygen atoms in total. The summed E-state index contributed by atoms with van der Waals surface area (Å²) in [5.74, 6) is 0. The van der Waals surface area contributed by atoms with Crippen molar-refractivity contribution in [3.8, 4) is 22.5 Å². The monoisotopic (exact) mass is 602 g/mol. The van der Waals surface area contributed by atoms with Crippen LogP contribution in [0.25, 0.3) is 87.9 Å². The number of para-hydroxylation sites is 2. The minimum absolute atomic E-state index is 0.325. The largest absolute Gasteiger partial charge is 0.420 e. The smallest absolute Gasteiger partial charge is 0.344 e. The third-order valence-electron chi connectivity index (χ3n) is 9.57. The van der Waals surface area contributed by atoms with Gasteiger partial charge in [0.15, 0.2) is 5.58 Å². The highest BCUT2D eigenvalue weighted by atomic mass is 16.4. The van der Waals surface area contributed by atoms with E-state index in [1.807, 2.05) is 24.3 Å². The summed E-state index contributed by atoms with van der Waals surface area (Å²) in [6, 6.07) is 54.9. The topological polar surface area (TPSA) is 40.1 Å². The second kappa shape index (κ2) is 9.80. The molecule has 0 fully saturated rings. The summed E-state index contributed by atoms with van der Waals surface area (Å²) in [7, 11) is 0. The molecule has 0 aliphatic heterocycles. The van der Waals surface area contributed by atoms with E-state index in [2.05, 4.69) is 143 Å². The van der Waals surface area contributed by atoms with Crippen LogP contribution in [0, 0.1) is 0 Å². The van der Waals surface area contributed by atoms with Gasteiger partial charge in [0.1, 0.15) is 0 Å². The van der Waals surface area contributed by atoms with E-state index < -0.39 is 0 Å². The molecule has 0 unspecified atom stereocenters. The van der Waals surface area contributed by atoms with Gasteiger partial charge in [0.05, 0.1) is 27.5 Å². The highest BCUT2D eigenvalue weighted by Gasteiger charge is 2.19. The van der Waals surface area contributed by atoms with Crippen LogP contribution in [0.3, 0.4) is 0 Å². The van der Waals surface area contributed by atoms with Crippen LogP contribution in [0.5, 0.6) is 0 Å². The number of rotatable bonds is 3. The first-order valence-electron chi connectivity index (χ1n) is 15.8. The molecular weight excluding hydrogens is 576 g/mol. The minimum Gasteiger partial charge on any atom is -0.420 e. The Hall–Kier alpha value is -6.39. The summed E-state index contributed by atoms with van der Waals surface area (Å²) in [5.41, 5.74) is 9.04. The number of aromatic nitrogens is 2. The maximum Gasteiger partial charge on any atom is 0.344 e. The molecule has 47 heavy (non-hydrogen) atoms. The van der Waals surface area contributed by atoms with Crippen LogP contribution in [-0.4, -0.2) is 9.13 Å². The molecule has 0 spiro atoms. The van der Waals surface area contributed by atoms with Crippen LogP contribution in [0.15, 0.2) is 167 Å². The van der Waals surface area contributed by atoms with Crippen molar-refractivity contribution >= 4 is 65.4 Å². The van der Waals surface area contributed by atoms with Crippen molar-refractivity contribution in [1.82, 2.24) is 9.13 Å². The Labute approximate surface area is 268 Å². The average molecular weight is 603 g/mol. The molecule has 0 aliphatic rings. The van der Waals surface area contributed by atoms with Crippen molar-refractivity contribution in [2.45, 2.75) is 0 Å². The minimum atomic E-state index is -0.325. The summed E-state index contributed by atoms with van der Waals surface area (Å²) < 4.78 is 10.7. The second-order valence-electron chi connectivity index (χ2n) is 12.1. The first-order valence-corrected chi connectivity index (χ1v) is 15.8. The first kappa shape index (κ1) is 25.9. The summed E-state index contributed by atoms with van der Waals surface area (Å²) >= 11 is 0. The van der Waals surface area contributed by atoms with Crippen LogP contribution in [0.2, 0.25) is 0 Å². The zero-order valence-corrected chi connectivity index (χ0v) is 25.2. The lowest BCUT2D eigenvalue weighted by atomic mass is 10.0. The molecule has 3 aromatic heterocycles. The second-order valence-corrected chi connectivity index (χ2v) is 12.1. The molecule has 0 aliphatic carbocycles. The molecule has 0 radical (unpaired) electrons. The number of fused-ring (bicyclic) bond motifs is 10. The van der Waals surface area contributed by atoms with Crippen LogP contribution in [-0.2, 0) is 0 Å². The fourth-order valence-electron chi connectivity index (χ4n) is 7.47. The van der Waals surface area contributed by atoms with Crippen molar-refractivity contribution in [2.24, 2.45) is 0 Å². The maximum absolute atomic E-state index is 13.2. The van der Waals surface area contributed by atoms with Crippen molar-refractivity contribution in [2.75, 3.05) is 0 Å². The van der Waals surface area contributed by atoms with Gasteiger partial charge in [0, 0.05) is 38.3 Å². The van der Waals surface area contributed by atoms with Gasteiger partial charge in [-0.25, -0.2) is 4.79 Å². The van der Waals surface area contributed by atoms with E-state index in [1.54, 1.807) is 0 Å². The molecule has 0 saturated heterocycles. The molecule has 10 rings (SSSR count). The molecule has 10 aromatic rings. The van der Waals surface area contributed by atoms with Crippen molar-refractivity contribution in [3.05, 3.63) is 168 Å². The first-order chi connectivity index (χ1) is 23.2. The molecule has 7 aromatic carbocycles. The fourth-order valence-corrected chi connectivity index (χ4v) is 7.47. The Balaban J connectivity index is 1.20. The quantitative estimate of drug-likeness (QED) is 0.149. The van der Waals surface area contributed by atoms with Crippen molar-refractivity contribution in [3.63, 3.8) is 0 Å². The SMILES string of the molecule is O=c1oc2c(ccc3c4ccccc4n(-c4ccc(-n5c6ccccc6c6cc(-c7ccccc7)ccc65)cc4)c32)c2ccccc12. The average Bonchev–Trinajstić information content (AvgIpc) is 3.65. The van der Waals surface area contributed by atoms with Crippen LogP contribution < -0.4 is 5.63 Å². The maximum atomic E-state index is 13.2. The fraction of sp³-hybridized carbons (Fsp3) is 0. The van der Waals surface area contributed by atoms with Gasteiger partial charge in [-0.15, -0.1) is 0 Å². The van der Waals surface area contributed by atoms with Crippen LogP contribution in [0.1, 0.15) is 0 Å². The van der Waals surface area contributed by atoms with E-state index in [-0.39, 0.29) is 5.63 Å². The summed E-state index contributed by atoms with van der Waals surface area (Å²) in [4.78, 5) is 13.2. The predicted molar refractivity (Wildman–Crippen MR) is 194 cm³/mol. The van der Waals surface area contributed by atoms with E-state index in [1.165, 1.54) is 21.9 Å². The van der Waals surface area contributed by atoms with Gasteiger partial charge in [-0.2, -0.15) is 0 Å². The highest BCUT2D eigenvalue weighted by Crippen LogP contribution is 2.39. The molecule has 0 N–H and O–H groups in total. The summed E-state index contributed by atoms with van der Waals surface area (Å²) in [6.07, 6.45) is 0. The van der Waals surface area contributed by atoms with Crippen molar-refractivity contribution < 1.29 is 4.42 Å². The van der Waals surface area contributed by atoms with E-state index in [4.69, 9.17) is 4.42 Å². The molecule has 0 bridgehead atoms. The van der Waals surface area contributed by atoms with Gasteiger partial charge in [0.2, 0.25) is 0 Å². The third-order valence-corrected chi connectivity index (χ3v) is 9.57. The predicted octanol–water partition coefficient (Wildman–Crippen LogP) is 10.8. The lowest BCUT2D eigenvalue weighted by molar-refractivity contribution is 0.572. The lowest BCUT2D eigenvalue weighted by Gasteiger charge is -2.12. The van der Waals surface area contributed by atoms with E-state index in [9.17, 15) is 4.79 Å². The van der Waals surface area contributed by atoms with Crippen molar-refractivity contribution in [1.29, 1.82) is 0 Å². The van der Waals surface area contributed by atoms with Gasteiger partial charge in [-0.1, -0.05) is 97.1 Å². The molecule has 0 amide bonds. The molecule has 0 saturated carbocycles. The van der Waals surface area contributed by atoms with Crippen LogP contribution in [0.4, 0.5) is 0 Å². The molecule has 3 heterocycles.